The van der Waals surface area contributed by atoms with Gasteiger partial charge >= 0.3 is 0 Å². The standard InChI is InChI=1S/C18H31N3O5S2/c1-18(2,3)28(25,26)19-12-5-4-7-17(22)20-15-8-10-16(11-9-15)21-13-6-14-27(21,23)24/h8-11,19,23-24H,4-7,12-14H2,1-3H3,(H,20,22). The molecule has 0 unspecified atom stereocenters. The van der Waals surface area contributed by atoms with E-state index < -0.39 is 25.5 Å². The van der Waals surface area contributed by atoms with Crippen LogP contribution in [0, 0.1) is 0 Å². The second kappa shape index (κ2) is 9.00. The van der Waals surface area contributed by atoms with Crippen molar-refractivity contribution in [3.63, 3.8) is 0 Å². The highest BCUT2D eigenvalue weighted by atomic mass is 32.3. The molecule has 10 heteroatoms. The van der Waals surface area contributed by atoms with Crippen molar-refractivity contribution < 1.29 is 22.3 Å². The quantitative estimate of drug-likeness (QED) is 0.467. The van der Waals surface area contributed by atoms with E-state index in [-0.39, 0.29) is 5.91 Å². The van der Waals surface area contributed by atoms with Gasteiger partial charge in [-0.2, -0.15) is 0 Å². The van der Waals surface area contributed by atoms with Gasteiger partial charge in [0.2, 0.25) is 15.9 Å². The number of unbranched alkanes of at least 4 members (excludes halogenated alkanes) is 1. The van der Waals surface area contributed by atoms with E-state index in [0.717, 1.165) is 12.1 Å². The molecule has 1 amide bonds. The van der Waals surface area contributed by atoms with Crippen molar-refractivity contribution >= 4 is 38.1 Å². The van der Waals surface area contributed by atoms with Gasteiger partial charge in [-0.15, -0.1) is 10.8 Å². The number of benzene rings is 1. The summed E-state index contributed by atoms with van der Waals surface area (Å²) in [6, 6.07) is 6.99. The average Bonchev–Trinajstić information content (AvgIpc) is 2.93. The Morgan fingerprint density at radius 1 is 1.18 bits per heavy atom. The molecule has 1 aliphatic rings. The molecule has 0 spiro atoms. The molecule has 1 fully saturated rings. The third-order valence-electron chi connectivity index (χ3n) is 4.50. The highest BCUT2D eigenvalue weighted by molar-refractivity contribution is 8.25. The molecule has 0 radical (unpaired) electrons. The van der Waals surface area contributed by atoms with Crippen molar-refractivity contribution in [1.82, 2.24) is 4.72 Å². The first-order valence-corrected chi connectivity index (χ1v) is 12.5. The molecule has 1 aromatic rings. The lowest BCUT2D eigenvalue weighted by atomic mass is 10.2. The number of carbonyl (C=O) groups is 1. The molecule has 0 aliphatic carbocycles. The van der Waals surface area contributed by atoms with Crippen molar-refractivity contribution in [2.24, 2.45) is 0 Å². The Balaban J connectivity index is 1.73. The SMILES string of the molecule is CC(C)(C)S(=O)(=O)NCCCCC(=O)Nc1ccc(N2CCCS2(O)O)cc1. The summed E-state index contributed by atoms with van der Waals surface area (Å²) >= 11 is 0. The summed E-state index contributed by atoms with van der Waals surface area (Å²) in [4.78, 5) is 12.0. The second-order valence-electron chi connectivity index (χ2n) is 7.85. The van der Waals surface area contributed by atoms with E-state index in [0.29, 0.717) is 43.8 Å². The van der Waals surface area contributed by atoms with Gasteiger partial charge < -0.3 is 5.32 Å². The van der Waals surface area contributed by atoms with Crippen LogP contribution in [0.3, 0.4) is 0 Å². The number of amides is 1. The fourth-order valence-electron chi connectivity index (χ4n) is 2.72. The lowest BCUT2D eigenvalue weighted by molar-refractivity contribution is -0.116. The van der Waals surface area contributed by atoms with Crippen LogP contribution >= 0.6 is 10.8 Å². The van der Waals surface area contributed by atoms with Crippen LogP contribution in [-0.2, 0) is 14.8 Å². The normalized spacial score (nSPS) is 18.1. The van der Waals surface area contributed by atoms with Gasteiger partial charge in [-0.1, -0.05) is 0 Å². The molecule has 0 saturated carbocycles. The van der Waals surface area contributed by atoms with Gasteiger partial charge in [0.25, 0.3) is 0 Å². The van der Waals surface area contributed by atoms with Gasteiger partial charge in [0.1, 0.15) is 0 Å². The topological polar surface area (TPSA) is 119 Å². The summed E-state index contributed by atoms with van der Waals surface area (Å²) in [5, 5.41) is 2.80. The molecule has 28 heavy (non-hydrogen) atoms. The van der Waals surface area contributed by atoms with Crippen LogP contribution in [0.25, 0.3) is 0 Å². The summed E-state index contributed by atoms with van der Waals surface area (Å²) in [7, 11) is -6.07. The maximum atomic E-state index is 12.0. The molecule has 4 N–H and O–H groups in total. The molecule has 160 valence electrons. The Morgan fingerprint density at radius 2 is 1.82 bits per heavy atom. The van der Waals surface area contributed by atoms with Crippen molar-refractivity contribution in [2.75, 3.05) is 28.5 Å². The van der Waals surface area contributed by atoms with Crippen molar-refractivity contribution in [3.8, 4) is 0 Å². The number of rotatable bonds is 8. The fraction of sp³-hybridized carbons (Fsp3) is 0.611. The van der Waals surface area contributed by atoms with E-state index in [1.807, 2.05) is 0 Å². The van der Waals surface area contributed by atoms with Gasteiger partial charge in [-0.25, -0.2) is 13.1 Å². The maximum Gasteiger partial charge on any atom is 0.224 e. The van der Waals surface area contributed by atoms with Gasteiger partial charge in [-0.05, 0) is 64.3 Å². The predicted molar refractivity (Wildman–Crippen MR) is 115 cm³/mol. The van der Waals surface area contributed by atoms with Gasteiger partial charge in [0.05, 0.1) is 16.2 Å². The van der Waals surface area contributed by atoms with E-state index in [2.05, 4.69) is 10.0 Å². The molecule has 0 aromatic heterocycles. The number of sulfonamides is 1. The summed E-state index contributed by atoms with van der Waals surface area (Å²) in [5.41, 5.74) is 1.36. The highest BCUT2D eigenvalue weighted by Gasteiger charge is 2.29. The summed E-state index contributed by atoms with van der Waals surface area (Å²) in [6.45, 7) is 5.83. The van der Waals surface area contributed by atoms with E-state index in [1.54, 1.807) is 49.3 Å². The molecule has 1 aliphatic heterocycles. The zero-order valence-electron chi connectivity index (χ0n) is 16.6. The zero-order chi connectivity index (χ0) is 21.0. The monoisotopic (exact) mass is 433 g/mol. The minimum Gasteiger partial charge on any atom is -0.326 e. The lowest BCUT2D eigenvalue weighted by Crippen LogP contribution is -2.39. The Kier molecular flexibility index (Phi) is 7.38. The molecule has 1 heterocycles. The Bertz CT molecular complexity index is 773. The number of nitrogens with one attached hydrogen (secondary N) is 2. The number of hydrogen-bond donors (Lipinski definition) is 4. The van der Waals surface area contributed by atoms with Gasteiger partial charge in [0.15, 0.2) is 0 Å². The third-order valence-corrected chi connectivity index (χ3v) is 8.63. The van der Waals surface area contributed by atoms with Crippen LogP contribution in [0.5, 0.6) is 0 Å². The molecule has 2 rings (SSSR count). The number of carbonyl (C=O) groups excluding carboxylic acids is 1. The molecular formula is C18H31N3O5S2. The molecule has 1 saturated heterocycles. The smallest absolute Gasteiger partial charge is 0.224 e. The van der Waals surface area contributed by atoms with Crippen molar-refractivity contribution in [3.05, 3.63) is 24.3 Å². The van der Waals surface area contributed by atoms with Crippen LogP contribution in [0.2, 0.25) is 0 Å². The first kappa shape index (κ1) is 23.0. The van der Waals surface area contributed by atoms with E-state index in [9.17, 15) is 22.3 Å². The zero-order valence-corrected chi connectivity index (χ0v) is 18.3. The minimum atomic E-state index is -3.35. The maximum absolute atomic E-state index is 12.0. The molecule has 8 nitrogen and oxygen atoms in total. The van der Waals surface area contributed by atoms with Crippen LogP contribution in [0.15, 0.2) is 24.3 Å². The Morgan fingerprint density at radius 3 is 2.36 bits per heavy atom. The molecular weight excluding hydrogens is 402 g/mol. The Labute approximate surface area is 169 Å². The highest BCUT2D eigenvalue weighted by Crippen LogP contribution is 2.50. The Hall–Kier alpha value is -1.33. The fourth-order valence-corrected chi connectivity index (χ4v) is 5.19. The number of hydrogen-bond acceptors (Lipinski definition) is 6. The second-order valence-corrected chi connectivity index (χ2v) is 12.5. The molecule has 0 atom stereocenters. The van der Waals surface area contributed by atoms with Crippen molar-refractivity contribution in [1.29, 1.82) is 0 Å². The summed E-state index contributed by atoms with van der Waals surface area (Å²) < 4.78 is 47.2. The van der Waals surface area contributed by atoms with Gasteiger partial charge in [0, 0.05) is 25.2 Å². The largest absolute Gasteiger partial charge is 0.326 e. The van der Waals surface area contributed by atoms with E-state index >= 15 is 0 Å². The van der Waals surface area contributed by atoms with Crippen LogP contribution in [0.1, 0.15) is 46.5 Å². The average molecular weight is 434 g/mol. The van der Waals surface area contributed by atoms with Gasteiger partial charge in [-0.3, -0.25) is 18.2 Å². The number of anilines is 2. The first-order valence-electron chi connectivity index (χ1n) is 9.35. The first-order chi connectivity index (χ1) is 12.9. The van der Waals surface area contributed by atoms with Crippen molar-refractivity contribution in [2.45, 2.75) is 51.2 Å². The van der Waals surface area contributed by atoms with Crippen LogP contribution < -0.4 is 14.3 Å². The van der Waals surface area contributed by atoms with Crippen LogP contribution in [0.4, 0.5) is 11.4 Å². The molecule has 0 bridgehead atoms. The predicted octanol–water partition coefficient (Wildman–Crippen LogP) is 3.39. The van der Waals surface area contributed by atoms with Crippen LogP contribution in [-0.4, -0.2) is 47.0 Å². The summed E-state index contributed by atoms with van der Waals surface area (Å²) in [5.74, 6) is 0.245. The lowest BCUT2D eigenvalue weighted by Gasteiger charge is -2.38. The third kappa shape index (κ3) is 6.08. The van der Waals surface area contributed by atoms with E-state index in [1.165, 1.54) is 0 Å². The summed E-state index contributed by atoms with van der Waals surface area (Å²) in [6.07, 6.45) is 2.19. The van der Waals surface area contributed by atoms with E-state index in [4.69, 9.17) is 0 Å². The number of nitrogens with zero attached hydrogens (tertiary/aromatic N) is 1. The molecule has 1 aromatic carbocycles. The minimum absolute atomic E-state index is 0.142.